The molecular formula is C13H16F2N2O3. The Labute approximate surface area is 115 Å². The van der Waals surface area contributed by atoms with Gasteiger partial charge >= 0.3 is 0 Å². The van der Waals surface area contributed by atoms with Crippen molar-refractivity contribution in [1.29, 1.82) is 0 Å². The van der Waals surface area contributed by atoms with Crippen molar-refractivity contribution >= 4 is 5.91 Å². The van der Waals surface area contributed by atoms with Crippen LogP contribution >= 0.6 is 0 Å². The second-order valence-corrected chi connectivity index (χ2v) is 4.92. The normalized spacial score (nSPS) is 16.0. The molecule has 110 valence electrons. The molecule has 1 aliphatic carbocycles. The summed E-state index contributed by atoms with van der Waals surface area (Å²) in [6, 6.07) is 2.73. The van der Waals surface area contributed by atoms with E-state index in [-0.39, 0.29) is 23.5 Å². The number of rotatable bonds is 7. The summed E-state index contributed by atoms with van der Waals surface area (Å²) in [6.45, 7) is -0.303. The lowest BCUT2D eigenvalue weighted by molar-refractivity contribution is 0.0817. The Balaban J connectivity index is 1.90. The fourth-order valence-electron chi connectivity index (χ4n) is 1.71. The molecule has 0 aliphatic heterocycles. The van der Waals surface area contributed by atoms with Crippen LogP contribution in [0.5, 0.6) is 5.75 Å². The standard InChI is InChI=1S/C13H16F2N2O3/c14-11(15)6-20-9-1-4-16-10(5-9)12(19)17-7-13(8-18)2-3-13/h1,4-5,11,18H,2-3,6-8H2,(H,17,19). The molecule has 1 heterocycles. The van der Waals surface area contributed by atoms with Gasteiger partial charge in [-0.3, -0.25) is 9.78 Å². The van der Waals surface area contributed by atoms with E-state index in [0.717, 1.165) is 12.8 Å². The summed E-state index contributed by atoms with van der Waals surface area (Å²) >= 11 is 0. The first-order valence-electron chi connectivity index (χ1n) is 6.31. The van der Waals surface area contributed by atoms with Gasteiger partial charge in [0.2, 0.25) is 0 Å². The van der Waals surface area contributed by atoms with E-state index in [9.17, 15) is 13.6 Å². The Kier molecular flexibility index (Phi) is 4.49. The van der Waals surface area contributed by atoms with Gasteiger partial charge in [-0.1, -0.05) is 0 Å². The van der Waals surface area contributed by atoms with Crippen LogP contribution in [0.1, 0.15) is 23.3 Å². The Hall–Kier alpha value is -1.76. The lowest BCUT2D eigenvalue weighted by Crippen LogP contribution is -2.32. The number of hydrogen-bond donors (Lipinski definition) is 2. The SMILES string of the molecule is O=C(NCC1(CO)CC1)c1cc(OCC(F)F)ccn1. The molecule has 1 fully saturated rings. The van der Waals surface area contributed by atoms with Crippen LogP contribution in [0.15, 0.2) is 18.3 Å². The lowest BCUT2D eigenvalue weighted by atomic mass is 10.1. The Bertz CT molecular complexity index is 478. The second-order valence-electron chi connectivity index (χ2n) is 4.92. The zero-order valence-corrected chi connectivity index (χ0v) is 10.8. The molecule has 1 aromatic rings. The van der Waals surface area contributed by atoms with Gasteiger partial charge in [-0.25, -0.2) is 8.78 Å². The van der Waals surface area contributed by atoms with Gasteiger partial charge < -0.3 is 15.2 Å². The van der Waals surface area contributed by atoms with Crippen molar-refractivity contribution in [2.75, 3.05) is 19.8 Å². The van der Waals surface area contributed by atoms with E-state index in [0.29, 0.717) is 6.54 Å². The van der Waals surface area contributed by atoms with Gasteiger partial charge in [0.25, 0.3) is 12.3 Å². The molecule has 1 saturated carbocycles. The van der Waals surface area contributed by atoms with E-state index in [1.807, 2.05) is 0 Å². The van der Waals surface area contributed by atoms with Gasteiger partial charge in [-0.2, -0.15) is 0 Å². The van der Waals surface area contributed by atoms with Crippen molar-refractivity contribution in [3.05, 3.63) is 24.0 Å². The smallest absolute Gasteiger partial charge is 0.272 e. The molecule has 0 saturated heterocycles. The predicted molar refractivity (Wildman–Crippen MR) is 66.8 cm³/mol. The van der Waals surface area contributed by atoms with E-state index in [4.69, 9.17) is 9.84 Å². The molecule has 2 rings (SSSR count). The van der Waals surface area contributed by atoms with Crippen molar-refractivity contribution in [2.45, 2.75) is 19.3 Å². The van der Waals surface area contributed by atoms with Crippen molar-refractivity contribution in [1.82, 2.24) is 10.3 Å². The third kappa shape index (κ3) is 3.86. The largest absolute Gasteiger partial charge is 0.488 e. The number of amides is 1. The average Bonchev–Trinajstić information content (AvgIpc) is 3.23. The molecule has 7 heteroatoms. The molecule has 1 amide bonds. The Morgan fingerprint density at radius 2 is 2.30 bits per heavy atom. The molecule has 0 aromatic carbocycles. The highest BCUT2D eigenvalue weighted by atomic mass is 19.3. The van der Waals surface area contributed by atoms with Crippen LogP contribution in [0.2, 0.25) is 0 Å². The highest BCUT2D eigenvalue weighted by Crippen LogP contribution is 2.44. The predicted octanol–water partition coefficient (Wildman–Crippen LogP) is 1.23. The van der Waals surface area contributed by atoms with Crippen molar-refractivity contribution < 1.29 is 23.4 Å². The summed E-state index contributed by atoms with van der Waals surface area (Å²) < 4.78 is 28.9. The molecule has 0 bridgehead atoms. The van der Waals surface area contributed by atoms with Crippen LogP contribution in [-0.4, -0.2) is 42.2 Å². The quantitative estimate of drug-likeness (QED) is 0.791. The third-order valence-electron chi connectivity index (χ3n) is 3.26. The van der Waals surface area contributed by atoms with E-state index in [1.165, 1.54) is 18.3 Å². The maximum atomic E-state index is 12.0. The molecule has 0 spiro atoms. The lowest BCUT2D eigenvalue weighted by Gasteiger charge is -2.12. The van der Waals surface area contributed by atoms with Crippen LogP contribution in [0.25, 0.3) is 0 Å². The summed E-state index contributed by atoms with van der Waals surface area (Å²) in [5.74, 6) is -0.235. The number of aromatic nitrogens is 1. The maximum absolute atomic E-state index is 12.0. The topological polar surface area (TPSA) is 71.5 Å². The minimum Gasteiger partial charge on any atom is -0.488 e. The van der Waals surface area contributed by atoms with E-state index in [2.05, 4.69) is 10.3 Å². The number of carbonyl (C=O) groups excluding carboxylic acids is 1. The first-order valence-corrected chi connectivity index (χ1v) is 6.31. The number of halogens is 2. The van der Waals surface area contributed by atoms with Gasteiger partial charge in [0, 0.05) is 24.2 Å². The minimum atomic E-state index is -2.57. The van der Waals surface area contributed by atoms with E-state index >= 15 is 0 Å². The summed E-state index contributed by atoms with van der Waals surface area (Å²) in [4.78, 5) is 15.7. The molecule has 0 unspecified atom stereocenters. The number of pyridine rings is 1. The van der Waals surface area contributed by atoms with Crippen molar-refractivity contribution in [3.63, 3.8) is 0 Å². The number of aliphatic hydroxyl groups is 1. The van der Waals surface area contributed by atoms with E-state index < -0.39 is 18.9 Å². The Morgan fingerprint density at radius 3 is 2.90 bits per heavy atom. The maximum Gasteiger partial charge on any atom is 0.272 e. The fraction of sp³-hybridized carbons (Fsp3) is 0.538. The van der Waals surface area contributed by atoms with Crippen LogP contribution in [0.3, 0.4) is 0 Å². The summed E-state index contributed by atoms with van der Waals surface area (Å²) in [7, 11) is 0. The summed E-state index contributed by atoms with van der Waals surface area (Å²) in [6.07, 6.45) is 0.526. The summed E-state index contributed by atoms with van der Waals surface area (Å²) in [5.41, 5.74) is -0.0927. The number of nitrogens with one attached hydrogen (secondary N) is 1. The van der Waals surface area contributed by atoms with Gasteiger partial charge in [-0.15, -0.1) is 0 Å². The van der Waals surface area contributed by atoms with Gasteiger partial charge in [0.15, 0.2) is 0 Å². The number of aliphatic hydroxyl groups excluding tert-OH is 1. The minimum absolute atomic E-state index is 0.0399. The number of alkyl halides is 2. The van der Waals surface area contributed by atoms with Crippen LogP contribution in [0, 0.1) is 5.41 Å². The third-order valence-corrected chi connectivity index (χ3v) is 3.26. The monoisotopic (exact) mass is 286 g/mol. The number of carbonyl (C=O) groups is 1. The molecule has 1 aliphatic rings. The number of hydrogen-bond acceptors (Lipinski definition) is 4. The molecule has 0 atom stereocenters. The van der Waals surface area contributed by atoms with Crippen LogP contribution in [-0.2, 0) is 0 Å². The van der Waals surface area contributed by atoms with Crippen LogP contribution < -0.4 is 10.1 Å². The number of ether oxygens (including phenoxy) is 1. The van der Waals surface area contributed by atoms with Crippen molar-refractivity contribution in [2.24, 2.45) is 5.41 Å². The zero-order valence-electron chi connectivity index (χ0n) is 10.8. The molecule has 5 nitrogen and oxygen atoms in total. The first-order chi connectivity index (χ1) is 9.54. The first kappa shape index (κ1) is 14.6. The molecular weight excluding hydrogens is 270 g/mol. The second kappa shape index (κ2) is 6.13. The summed E-state index contributed by atoms with van der Waals surface area (Å²) in [5, 5.41) is 11.8. The fourth-order valence-corrected chi connectivity index (χ4v) is 1.71. The van der Waals surface area contributed by atoms with Gasteiger partial charge in [0.1, 0.15) is 18.1 Å². The highest BCUT2D eigenvalue weighted by molar-refractivity contribution is 5.92. The molecule has 1 aromatic heterocycles. The Morgan fingerprint density at radius 1 is 1.55 bits per heavy atom. The molecule has 2 N–H and O–H groups in total. The average molecular weight is 286 g/mol. The van der Waals surface area contributed by atoms with Gasteiger partial charge in [0.05, 0.1) is 6.61 Å². The number of nitrogens with zero attached hydrogens (tertiary/aromatic N) is 1. The van der Waals surface area contributed by atoms with Crippen molar-refractivity contribution in [3.8, 4) is 5.75 Å². The van der Waals surface area contributed by atoms with Gasteiger partial charge in [-0.05, 0) is 18.9 Å². The zero-order chi connectivity index (χ0) is 14.6. The molecule has 0 radical (unpaired) electrons. The highest BCUT2D eigenvalue weighted by Gasteiger charge is 2.42. The van der Waals surface area contributed by atoms with Crippen LogP contribution in [0.4, 0.5) is 8.78 Å². The molecule has 20 heavy (non-hydrogen) atoms. The van der Waals surface area contributed by atoms with E-state index in [1.54, 1.807) is 0 Å².